The predicted molar refractivity (Wildman–Crippen MR) is 143 cm³/mol. The number of carbonyl (C=O) groups is 2. The van der Waals surface area contributed by atoms with Crippen LogP contribution in [0, 0.1) is 6.92 Å². The van der Waals surface area contributed by atoms with Crippen molar-refractivity contribution >= 4 is 68.0 Å². The van der Waals surface area contributed by atoms with Crippen LogP contribution in [0.15, 0.2) is 59.1 Å². The first kappa shape index (κ1) is 24.9. The van der Waals surface area contributed by atoms with Crippen LogP contribution in [-0.4, -0.2) is 34.8 Å². The average molecular weight is 579 g/mol. The molecule has 1 aliphatic heterocycles. The number of thiazole rings is 1. The van der Waals surface area contributed by atoms with Crippen molar-refractivity contribution in [2.75, 3.05) is 18.4 Å². The first-order chi connectivity index (χ1) is 16.3. The second kappa shape index (κ2) is 11.0. The van der Waals surface area contributed by atoms with E-state index >= 15 is 0 Å². The molecule has 1 fully saturated rings. The van der Waals surface area contributed by atoms with Crippen LogP contribution in [0.5, 0.6) is 0 Å². The Kier molecular flexibility index (Phi) is 8.09. The Morgan fingerprint density at radius 2 is 1.82 bits per heavy atom. The van der Waals surface area contributed by atoms with Gasteiger partial charge in [0.2, 0.25) is 11.8 Å². The van der Waals surface area contributed by atoms with Gasteiger partial charge < -0.3 is 10.2 Å². The Morgan fingerprint density at radius 3 is 2.53 bits per heavy atom. The molecule has 2 heterocycles. The smallest absolute Gasteiger partial charge is 0.248 e. The zero-order valence-corrected chi connectivity index (χ0v) is 22.3. The van der Waals surface area contributed by atoms with Crippen molar-refractivity contribution in [3.05, 3.63) is 79.0 Å². The van der Waals surface area contributed by atoms with Gasteiger partial charge in [0, 0.05) is 46.1 Å². The fourth-order valence-electron chi connectivity index (χ4n) is 3.84. The molecule has 4 rings (SSSR count). The fraction of sp³-hybridized carbons (Fsp3) is 0.240. The minimum atomic E-state index is -0.439. The van der Waals surface area contributed by atoms with Gasteiger partial charge in [0.1, 0.15) is 0 Å². The molecule has 2 aromatic carbocycles. The molecule has 0 spiro atoms. The normalized spacial score (nSPS) is 14.5. The summed E-state index contributed by atoms with van der Waals surface area (Å²) in [6.45, 7) is 3.35. The van der Waals surface area contributed by atoms with Crippen molar-refractivity contribution in [3.8, 4) is 11.3 Å². The Bertz CT molecular complexity index is 1240. The Hall–Kier alpha value is -2.19. The number of likely N-dealkylation sites (tertiary alicyclic amines) is 1. The van der Waals surface area contributed by atoms with E-state index in [1.807, 2.05) is 12.1 Å². The number of hydrogen-bond acceptors (Lipinski definition) is 4. The number of piperidine rings is 1. The van der Waals surface area contributed by atoms with E-state index < -0.39 is 5.91 Å². The molecule has 176 valence electrons. The van der Waals surface area contributed by atoms with Crippen LogP contribution in [0.3, 0.4) is 0 Å². The monoisotopic (exact) mass is 577 g/mol. The third kappa shape index (κ3) is 5.89. The SMILES string of the molecule is Cc1sc(C2CCN(C(=O)/C=C/C(=O)Nc3cccc(Cl)c3Cl)CC2)nc1-c1ccc(Br)cc1. The van der Waals surface area contributed by atoms with Crippen molar-refractivity contribution in [3.63, 3.8) is 0 Å². The fourth-order valence-corrected chi connectivity index (χ4v) is 5.57. The molecule has 0 bridgehead atoms. The van der Waals surface area contributed by atoms with Gasteiger partial charge in [0.05, 0.1) is 26.4 Å². The lowest BCUT2D eigenvalue weighted by Gasteiger charge is -2.30. The van der Waals surface area contributed by atoms with E-state index in [9.17, 15) is 9.59 Å². The predicted octanol–water partition coefficient (Wildman–Crippen LogP) is 7.09. The highest BCUT2D eigenvalue weighted by atomic mass is 79.9. The van der Waals surface area contributed by atoms with Crippen molar-refractivity contribution in [1.29, 1.82) is 0 Å². The lowest BCUT2D eigenvalue weighted by molar-refractivity contribution is -0.127. The maximum atomic E-state index is 12.6. The molecule has 1 N–H and O–H groups in total. The van der Waals surface area contributed by atoms with E-state index in [-0.39, 0.29) is 10.9 Å². The van der Waals surface area contributed by atoms with Gasteiger partial charge in [0.15, 0.2) is 0 Å². The second-order valence-electron chi connectivity index (χ2n) is 7.99. The molecule has 1 aliphatic rings. The number of halogens is 3. The van der Waals surface area contributed by atoms with Crippen LogP contribution < -0.4 is 5.32 Å². The van der Waals surface area contributed by atoms with E-state index in [1.165, 1.54) is 17.0 Å². The van der Waals surface area contributed by atoms with Gasteiger partial charge in [0.25, 0.3) is 0 Å². The summed E-state index contributed by atoms with van der Waals surface area (Å²) in [5.41, 5.74) is 2.54. The molecule has 9 heteroatoms. The molecule has 0 saturated carbocycles. The summed E-state index contributed by atoms with van der Waals surface area (Å²) in [5.74, 6) is -0.294. The largest absolute Gasteiger partial charge is 0.339 e. The van der Waals surface area contributed by atoms with Gasteiger partial charge >= 0.3 is 0 Å². The highest BCUT2D eigenvalue weighted by molar-refractivity contribution is 9.10. The van der Waals surface area contributed by atoms with Gasteiger partial charge in [-0.3, -0.25) is 9.59 Å². The minimum Gasteiger partial charge on any atom is -0.339 e. The van der Waals surface area contributed by atoms with Gasteiger partial charge in [-0.05, 0) is 44.0 Å². The summed E-state index contributed by atoms with van der Waals surface area (Å²) in [5, 5.41) is 4.37. The first-order valence-electron chi connectivity index (χ1n) is 10.8. The maximum absolute atomic E-state index is 12.6. The summed E-state index contributed by atoms with van der Waals surface area (Å²) in [6, 6.07) is 13.2. The molecule has 34 heavy (non-hydrogen) atoms. The lowest BCUT2D eigenvalue weighted by atomic mass is 9.97. The van der Waals surface area contributed by atoms with E-state index in [0.717, 1.165) is 33.6 Å². The number of amides is 2. The zero-order chi connectivity index (χ0) is 24.2. The second-order valence-corrected chi connectivity index (χ2v) is 10.9. The van der Waals surface area contributed by atoms with Crippen LogP contribution in [-0.2, 0) is 9.59 Å². The van der Waals surface area contributed by atoms with E-state index in [0.29, 0.717) is 29.7 Å². The van der Waals surface area contributed by atoms with Gasteiger partial charge in [-0.15, -0.1) is 11.3 Å². The van der Waals surface area contributed by atoms with Crippen LogP contribution in [0.4, 0.5) is 5.69 Å². The molecule has 0 radical (unpaired) electrons. The Labute approximate surface area is 220 Å². The van der Waals surface area contributed by atoms with Gasteiger partial charge in [-0.2, -0.15) is 0 Å². The first-order valence-corrected chi connectivity index (χ1v) is 13.1. The molecule has 0 unspecified atom stereocenters. The van der Waals surface area contributed by atoms with Crippen LogP contribution in [0.25, 0.3) is 11.3 Å². The number of aryl methyl sites for hydroxylation is 1. The number of nitrogens with zero attached hydrogens (tertiary/aromatic N) is 2. The quantitative estimate of drug-likeness (QED) is 0.329. The van der Waals surface area contributed by atoms with E-state index in [2.05, 4.69) is 40.3 Å². The van der Waals surface area contributed by atoms with E-state index in [1.54, 1.807) is 34.4 Å². The van der Waals surface area contributed by atoms with Gasteiger partial charge in [-0.25, -0.2) is 4.98 Å². The van der Waals surface area contributed by atoms with Crippen LogP contribution in [0.2, 0.25) is 10.0 Å². The molecular weight excluding hydrogens is 557 g/mol. The topological polar surface area (TPSA) is 62.3 Å². The number of nitrogens with one attached hydrogen (secondary N) is 1. The molecule has 0 aliphatic carbocycles. The maximum Gasteiger partial charge on any atom is 0.248 e. The summed E-state index contributed by atoms with van der Waals surface area (Å²) < 4.78 is 1.04. The van der Waals surface area contributed by atoms with Crippen LogP contribution in [0.1, 0.15) is 28.6 Å². The van der Waals surface area contributed by atoms with Gasteiger partial charge in [-0.1, -0.05) is 57.3 Å². The molecule has 1 saturated heterocycles. The van der Waals surface area contributed by atoms with Crippen molar-refractivity contribution < 1.29 is 9.59 Å². The molecule has 3 aromatic rings. The van der Waals surface area contributed by atoms with Crippen molar-refractivity contribution in [2.45, 2.75) is 25.7 Å². The molecule has 1 aromatic heterocycles. The summed E-state index contributed by atoms with van der Waals surface area (Å²) in [6.07, 6.45) is 4.21. The number of benzene rings is 2. The van der Waals surface area contributed by atoms with Crippen molar-refractivity contribution in [1.82, 2.24) is 9.88 Å². The minimum absolute atomic E-state index is 0.184. The lowest BCUT2D eigenvalue weighted by Crippen LogP contribution is -2.37. The molecule has 5 nitrogen and oxygen atoms in total. The Balaban J connectivity index is 1.32. The summed E-state index contributed by atoms with van der Waals surface area (Å²) >= 11 is 17.3. The summed E-state index contributed by atoms with van der Waals surface area (Å²) in [7, 11) is 0. The van der Waals surface area contributed by atoms with Crippen LogP contribution >= 0.6 is 50.5 Å². The number of aromatic nitrogens is 1. The number of carbonyl (C=O) groups excluding carboxylic acids is 2. The average Bonchev–Trinajstić information content (AvgIpc) is 3.22. The third-order valence-electron chi connectivity index (χ3n) is 5.67. The zero-order valence-electron chi connectivity index (χ0n) is 18.4. The number of rotatable bonds is 5. The standard InChI is InChI=1S/C25H22BrCl2N3O2S/c1-15-24(16-5-7-18(26)8-6-16)30-25(34-15)17-11-13-31(14-12-17)22(33)10-9-21(32)29-20-4-2-3-19(27)23(20)28/h2-10,17H,11-14H2,1H3,(H,29,32)/b10-9+. The molecule has 2 amide bonds. The summed E-state index contributed by atoms with van der Waals surface area (Å²) in [4.78, 5) is 32.7. The van der Waals surface area contributed by atoms with E-state index in [4.69, 9.17) is 28.2 Å². The highest BCUT2D eigenvalue weighted by Gasteiger charge is 2.26. The number of anilines is 1. The van der Waals surface area contributed by atoms with Crippen molar-refractivity contribution in [2.24, 2.45) is 0 Å². The molecule has 0 atom stereocenters. The number of hydrogen-bond donors (Lipinski definition) is 1. The Morgan fingerprint density at radius 1 is 1.12 bits per heavy atom. The molecular formula is C25H22BrCl2N3O2S. The highest BCUT2D eigenvalue weighted by Crippen LogP contribution is 2.36. The third-order valence-corrected chi connectivity index (χ3v) is 8.15.